The van der Waals surface area contributed by atoms with Crippen molar-refractivity contribution in [2.45, 2.75) is 13.0 Å². The summed E-state index contributed by atoms with van der Waals surface area (Å²) in [7, 11) is -3.24. The first kappa shape index (κ1) is 7.97. The van der Waals surface area contributed by atoms with Gasteiger partial charge in [0.05, 0.1) is 12.7 Å². The standard InChI is InChI=1S/C5H10O4S/c1-2-8-5-3-9-10(6,7)4-5/h5H,2-4H2,1H3. The van der Waals surface area contributed by atoms with E-state index in [4.69, 9.17) is 4.74 Å². The second-order valence-electron chi connectivity index (χ2n) is 2.09. The number of hydrogen-bond acceptors (Lipinski definition) is 4. The Hall–Kier alpha value is -0.130. The van der Waals surface area contributed by atoms with Gasteiger partial charge in [-0.25, -0.2) is 0 Å². The molecule has 5 heteroatoms. The van der Waals surface area contributed by atoms with Crippen molar-refractivity contribution in [1.29, 1.82) is 0 Å². The van der Waals surface area contributed by atoms with Gasteiger partial charge in [0.2, 0.25) is 0 Å². The molecular formula is C5H10O4S. The van der Waals surface area contributed by atoms with Crippen LogP contribution in [0.5, 0.6) is 0 Å². The molecule has 0 saturated carbocycles. The summed E-state index contributed by atoms with van der Waals surface area (Å²) >= 11 is 0. The summed E-state index contributed by atoms with van der Waals surface area (Å²) in [5, 5.41) is 0. The molecule has 60 valence electrons. The van der Waals surface area contributed by atoms with Crippen LogP contribution in [0.2, 0.25) is 0 Å². The molecule has 1 rings (SSSR count). The predicted molar refractivity (Wildman–Crippen MR) is 35.2 cm³/mol. The zero-order valence-electron chi connectivity index (χ0n) is 5.74. The Morgan fingerprint density at radius 1 is 1.70 bits per heavy atom. The van der Waals surface area contributed by atoms with Gasteiger partial charge in [0, 0.05) is 6.61 Å². The fourth-order valence-corrected chi connectivity index (χ4v) is 1.94. The van der Waals surface area contributed by atoms with Crippen LogP contribution in [0.25, 0.3) is 0 Å². The molecule has 0 aromatic heterocycles. The quantitative estimate of drug-likeness (QED) is 0.531. The van der Waals surface area contributed by atoms with E-state index in [0.717, 1.165) is 0 Å². The Kier molecular flexibility index (Phi) is 2.28. The van der Waals surface area contributed by atoms with E-state index >= 15 is 0 Å². The normalized spacial score (nSPS) is 30.7. The number of hydrogen-bond donors (Lipinski definition) is 0. The van der Waals surface area contributed by atoms with E-state index < -0.39 is 10.1 Å². The maximum Gasteiger partial charge on any atom is 0.270 e. The van der Waals surface area contributed by atoms with E-state index in [1.165, 1.54) is 0 Å². The van der Waals surface area contributed by atoms with Crippen molar-refractivity contribution in [3.05, 3.63) is 0 Å². The molecule has 0 N–H and O–H groups in total. The molecule has 0 radical (unpaired) electrons. The summed E-state index contributed by atoms with van der Waals surface area (Å²) in [6.45, 7) is 2.53. The molecular weight excluding hydrogens is 156 g/mol. The van der Waals surface area contributed by atoms with Crippen molar-refractivity contribution in [3.8, 4) is 0 Å². The topological polar surface area (TPSA) is 52.6 Å². The van der Waals surface area contributed by atoms with Crippen molar-refractivity contribution in [3.63, 3.8) is 0 Å². The van der Waals surface area contributed by atoms with Crippen LogP contribution in [-0.4, -0.2) is 33.5 Å². The molecule has 0 aliphatic carbocycles. The van der Waals surface area contributed by atoms with Crippen molar-refractivity contribution < 1.29 is 17.3 Å². The van der Waals surface area contributed by atoms with E-state index in [-0.39, 0.29) is 18.5 Å². The minimum absolute atomic E-state index is 0.000833. The summed E-state index contributed by atoms with van der Waals surface area (Å²) < 4.78 is 30.7. The van der Waals surface area contributed by atoms with E-state index in [0.29, 0.717) is 6.61 Å². The van der Waals surface area contributed by atoms with Crippen LogP contribution in [0.1, 0.15) is 6.92 Å². The Morgan fingerprint density at radius 3 is 2.80 bits per heavy atom. The Bertz CT molecular complexity index is 196. The van der Waals surface area contributed by atoms with Crippen LogP contribution >= 0.6 is 0 Å². The number of rotatable bonds is 2. The average Bonchev–Trinajstić information content (AvgIpc) is 2.12. The molecule has 1 heterocycles. The first-order valence-electron chi connectivity index (χ1n) is 3.13. The van der Waals surface area contributed by atoms with Gasteiger partial charge in [-0.1, -0.05) is 0 Å². The number of ether oxygens (including phenoxy) is 1. The summed E-state index contributed by atoms with van der Waals surface area (Å²) in [5.74, 6) is 0.000833. The first-order valence-corrected chi connectivity index (χ1v) is 4.70. The van der Waals surface area contributed by atoms with Crippen LogP contribution in [0, 0.1) is 0 Å². The summed E-state index contributed by atoms with van der Waals surface area (Å²) in [6.07, 6.45) is -0.255. The van der Waals surface area contributed by atoms with Crippen LogP contribution in [0.15, 0.2) is 0 Å². The molecule has 0 aromatic rings. The fraction of sp³-hybridized carbons (Fsp3) is 1.00. The highest BCUT2D eigenvalue weighted by Crippen LogP contribution is 2.10. The third kappa shape index (κ3) is 1.93. The molecule has 0 bridgehead atoms. The lowest BCUT2D eigenvalue weighted by molar-refractivity contribution is 0.0615. The molecule has 1 fully saturated rings. The molecule has 10 heavy (non-hydrogen) atoms. The van der Waals surface area contributed by atoms with E-state index in [1.54, 1.807) is 0 Å². The highest BCUT2D eigenvalue weighted by atomic mass is 32.2. The highest BCUT2D eigenvalue weighted by molar-refractivity contribution is 7.87. The summed E-state index contributed by atoms with van der Waals surface area (Å²) in [5.41, 5.74) is 0. The predicted octanol–water partition coefficient (Wildman–Crippen LogP) is -0.248. The largest absolute Gasteiger partial charge is 0.375 e. The van der Waals surface area contributed by atoms with Crippen LogP contribution in [-0.2, 0) is 19.0 Å². The van der Waals surface area contributed by atoms with Gasteiger partial charge in [0.25, 0.3) is 10.1 Å². The Morgan fingerprint density at radius 2 is 2.40 bits per heavy atom. The van der Waals surface area contributed by atoms with Gasteiger partial charge in [-0.15, -0.1) is 0 Å². The second kappa shape index (κ2) is 2.86. The van der Waals surface area contributed by atoms with Gasteiger partial charge in [-0.2, -0.15) is 8.42 Å². The monoisotopic (exact) mass is 166 g/mol. The Balaban J connectivity index is 2.44. The van der Waals surface area contributed by atoms with Crippen molar-refractivity contribution in [1.82, 2.24) is 0 Å². The zero-order chi connectivity index (χ0) is 7.61. The lowest BCUT2D eigenvalue weighted by Gasteiger charge is -2.02. The van der Waals surface area contributed by atoms with Gasteiger partial charge in [0.15, 0.2) is 0 Å². The lowest BCUT2D eigenvalue weighted by Crippen LogP contribution is -2.16. The van der Waals surface area contributed by atoms with Crippen LogP contribution in [0.3, 0.4) is 0 Å². The molecule has 1 unspecified atom stereocenters. The summed E-state index contributed by atoms with van der Waals surface area (Å²) in [6, 6.07) is 0. The van der Waals surface area contributed by atoms with E-state index in [2.05, 4.69) is 4.18 Å². The van der Waals surface area contributed by atoms with Gasteiger partial charge >= 0.3 is 0 Å². The van der Waals surface area contributed by atoms with E-state index in [1.807, 2.05) is 6.92 Å². The maximum absolute atomic E-state index is 10.6. The van der Waals surface area contributed by atoms with Gasteiger partial charge in [-0.3, -0.25) is 4.18 Å². The average molecular weight is 166 g/mol. The molecule has 1 aliphatic heterocycles. The molecule has 0 spiro atoms. The fourth-order valence-electron chi connectivity index (χ4n) is 0.835. The van der Waals surface area contributed by atoms with Gasteiger partial charge < -0.3 is 4.74 Å². The van der Waals surface area contributed by atoms with Crippen molar-refractivity contribution >= 4 is 10.1 Å². The molecule has 1 atom stereocenters. The lowest BCUT2D eigenvalue weighted by atomic mass is 10.4. The maximum atomic E-state index is 10.6. The molecule has 1 saturated heterocycles. The van der Waals surface area contributed by atoms with Crippen LogP contribution in [0.4, 0.5) is 0 Å². The molecule has 0 amide bonds. The smallest absolute Gasteiger partial charge is 0.270 e. The van der Waals surface area contributed by atoms with Crippen molar-refractivity contribution in [2.75, 3.05) is 19.0 Å². The Labute approximate surface area is 60.3 Å². The first-order chi connectivity index (χ1) is 4.64. The minimum Gasteiger partial charge on any atom is -0.375 e. The minimum atomic E-state index is -3.24. The van der Waals surface area contributed by atoms with Crippen molar-refractivity contribution in [2.24, 2.45) is 0 Å². The van der Waals surface area contributed by atoms with E-state index in [9.17, 15) is 8.42 Å². The SMILES string of the molecule is CCOC1COS(=O)(=O)C1. The van der Waals surface area contributed by atoms with Crippen LogP contribution < -0.4 is 0 Å². The molecule has 4 nitrogen and oxygen atoms in total. The van der Waals surface area contributed by atoms with Gasteiger partial charge in [0.1, 0.15) is 5.75 Å². The third-order valence-corrected chi connectivity index (χ3v) is 2.50. The molecule has 1 aliphatic rings. The van der Waals surface area contributed by atoms with Gasteiger partial charge in [-0.05, 0) is 6.92 Å². The summed E-state index contributed by atoms with van der Waals surface area (Å²) in [4.78, 5) is 0. The third-order valence-electron chi connectivity index (χ3n) is 1.23. The molecule has 0 aromatic carbocycles. The zero-order valence-corrected chi connectivity index (χ0v) is 6.56. The highest BCUT2D eigenvalue weighted by Gasteiger charge is 2.28. The second-order valence-corrected chi connectivity index (χ2v) is 3.77.